The molecule has 0 spiro atoms. The van der Waals surface area contributed by atoms with Crippen molar-refractivity contribution < 1.29 is 8.97 Å². The minimum atomic E-state index is -0.449. The number of hydrogen-bond donors (Lipinski definition) is 4. The maximum atomic E-state index is 6.71. The van der Waals surface area contributed by atoms with Gasteiger partial charge < -0.3 is 22.1 Å². The Labute approximate surface area is 173 Å². The Kier molecular flexibility index (Phi) is 5.24. The van der Waals surface area contributed by atoms with Gasteiger partial charge >= 0.3 is 23.8 Å². The number of rotatable bonds is 6. The molecule has 0 bridgehead atoms. The Hall–Kier alpha value is -2.20. The van der Waals surface area contributed by atoms with Gasteiger partial charge in [0.15, 0.2) is 0 Å². The van der Waals surface area contributed by atoms with Crippen LogP contribution in [0.2, 0.25) is 0 Å². The molecule has 0 aromatic rings. The van der Waals surface area contributed by atoms with Crippen LogP contribution >= 0.6 is 0 Å². The first-order valence-corrected chi connectivity index (χ1v) is 11.0. The van der Waals surface area contributed by atoms with Gasteiger partial charge in [-0.15, -0.1) is 8.97 Å². The summed E-state index contributed by atoms with van der Waals surface area (Å²) in [4.78, 5) is 19.1. The zero-order chi connectivity index (χ0) is 20.5. The lowest BCUT2D eigenvalue weighted by molar-refractivity contribution is -1.01. The van der Waals surface area contributed by atoms with Crippen molar-refractivity contribution in [3.8, 4) is 0 Å². The van der Waals surface area contributed by atoms with Crippen LogP contribution < -0.4 is 22.1 Å². The second-order valence-corrected chi connectivity index (χ2v) is 8.48. The smallest absolute Gasteiger partial charge is 0.310 e. The number of hydrogen-bond acceptors (Lipinski definition) is 8. The molecule has 160 valence electrons. The van der Waals surface area contributed by atoms with Gasteiger partial charge in [0.05, 0.1) is 32.6 Å². The molecule has 4 heterocycles. The molecule has 0 radical (unpaired) electrons. The van der Waals surface area contributed by atoms with E-state index in [0.717, 1.165) is 76.9 Å². The van der Waals surface area contributed by atoms with E-state index in [1.165, 1.54) is 0 Å². The van der Waals surface area contributed by atoms with Gasteiger partial charge in [0.1, 0.15) is 13.1 Å². The summed E-state index contributed by atoms with van der Waals surface area (Å²) in [5.74, 6) is 3.07. The quantitative estimate of drug-likeness (QED) is 0.351. The van der Waals surface area contributed by atoms with Gasteiger partial charge in [-0.05, 0) is 6.42 Å². The number of nitrogens with two attached hydrogens (primary N) is 2. The van der Waals surface area contributed by atoms with Crippen LogP contribution in [-0.2, 0) is 0 Å². The SMILES string of the molecule is CCCCCC(C)([N+]1(C2=NCCN2)CCN=C1N)[N+]1(C2=NCCN2)CCN=C1N. The molecule has 0 amide bonds. The van der Waals surface area contributed by atoms with E-state index < -0.39 is 5.66 Å². The van der Waals surface area contributed by atoms with Crippen molar-refractivity contribution in [1.82, 2.24) is 10.6 Å². The first-order chi connectivity index (χ1) is 14.0. The third kappa shape index (κ3) is 2.68. The number of nitrogens with one attached hydrogen (secondary N) is 2. The van der Waals surface area contributed by atoms with Crippen LogP contribution in [0.4, 0.5) is 0 Å². The van der Waals surface area contributed by atoms with Gasteiger partial charge in [0, 0.05) is 20.0 Å². The highest BCUT2D eigenvalue weighted by molar-refractivity contribution is 5.92. The van der Waals surface area contributed by atoms with Crippen molar-refractivity contribution in [3.63, 3.8) is 0 Å². The fraction of sp³-hybridized carbons (Fsp3) is 0.789. The molecular weight excluding hydrogens is 368 g/mol. The largest absolute Gasteiger partial charge is 0.337 e. The highest BCUT2D eigenvalue weighted by Gasteiger charge is 2.72. The molecule has 4 aliphatic heterocycles. The second kappa shape index (κ2) is 7.56. The molecular formula is C19H36N10+2. The third-order valence-corrected chi connectivity index (χ3v) is 7.14. The second-order valence-electron chi connectivity index (χ2n) is 8.48. The Morgan fingerprint density at radius 3 is 1.69 bits per heavy atom. The fourth-order valence-electron chi connectivity index (χ4n) is 5.63. The molecule has 0 saturated carbocycles. The average Bonchev–Trinajstić information content (AvgIpc) is 3.49. The van der Waals surface area contributed by atoms with Crippen LogP contribution in [-0.4, -0.2) is 90.8 Å². The number of unbranched alkanes of at least 4 members (excludes halogenated alkanes) is 2. The highest BCUT2D eigenvalue weighted by Crippen LogP contribution is 2.43. The van der Waals surface area contributed by atoms with Crippen molar-refractivity contribution in [2.24, 2.45) is 31.4 Å². The predicted octanol–water partition coefficient (Wildman–Crippen LogP) is -0.508. The number of nitrogens with zero attached hydrogens (tertiary/aromatic N) is 6. The van der Waals surface area contributed by atoms with Crippen molar-refractivity contribution in [3.05, 3.63) is 0 Å². The standard InChI is InChI=1S/C19H36N10/c1-3-4-5-6-19(2,28(13-11-22-15(28)20)17-24-7-8-25-17)29(14-12-23-16(29)21)18-26-9-10-27-18/h3-14H2,1-2H3,(H2,20,22)(H2,21,23)(H,24,25)(H,26,27)/q+2. The van der Waals surface area contributed by atoms with Gasteiger partial charge in [0.2, 0.25) is 0 Å². The van der Waals surface area contributed by atoms with E-state index in [1.54, 1.807) is 0 Å². The fourth-order valence-corrected chi connectivity index (χ4v) is 5.63. The van der Waals surface area contributed by atoms with Crippen LogP contribution in [0.15, 0.2) is 20.0 Å². The van der Waals surface area contributed by atoms with Crippen molar-refractivity contribution >= 4 is 23.8 Å². The van der Waals surface area contributed by atoms with Gasteiger partial charge in [-0.2, -0.15) is 0 Å². The summed E-state index contributed by atoms with van der Waals surface area (Å²) in [6.45, 7) is 10.6. The maximum absolute atomic E-state index is 6.71. The maximum Gasteiger partial charge on any atom is 0.310 e. The molecule has 10 heteroatoms. The molecule has 6 N–H and O–H groups in total. The molecule has 0 fully saturated rings. The van der Waals surface area contributed by atoms with Crippen LogP contribution in [0.1, 0.15) is 39.5 Å². The molecule has 2 atom stereocenters. The summed E-state index contributed by atoms with van der Waals surface area (Å²) in [5.41, 5.74) is 13.0. The van der Waals surface area contributed by atoms with Crippen molar-refractivity contribution in [2.45, 2.75) is 45.2 Å². The summed E-state index contributed by atoms with van der Waals surface area (Å²) in [5, 5.41) is 7.04. The van der Waals surface area contributed by atoms with Crippen LogP contribution in [0.5, 0.6) is 0 Å². The summed E-state index contributed by atoms with van der Waals surface area (Å²) in [6, 6.07) is 0. The van der Waals surface area contributed by atoms with Crippen LogP contribution in [0.25, 0.3) is 0 Å². The number of quaternary nitrogens is 2. The van der Waals surface area contributed by atoms with Gasteiger partial charge in [0.25, 0.3) is 5.66 Å². The van der Waals surface area contributed by atoms with E-state index in [9.17, 15) is 0 Å². The van der Waals surface area contributed by atoms with E-state index in [0.29, 0.717) is 34.0 Å². The Bertz CT molecular complexity index is 713. The average molecular weight is 405 g/mol. The highest BCUT2D eigenvalue weighted by atomic mass is 15.7. The topological polar surface area (TPSA) is 126 Å². The molecule has 2 unspecified atom stereocenters. The summed E-state index contributed by atoms with van der Waals surface area (Å²) in [6.07, 6.45) is 4.31. The Balaban J connectivity index is 1.92. The molecule has 0 aromatic heterocycles. The zero-order valence-corrected chi connectivity index (χ0v) is 17.8. The monoisotopic (exact) mass is 404 g/mol. The first-order valence-electron chi connectivity index (χ1n) is 11.0. The Morgan fingerprint density at radius 1 is 0.828 bits per heavy atom. The van der Waals surface area contributed by atoms with Crippen LogP contribution in [0.3, 0.4) is 0 Å². The molecule has 10 nitrogen and oxygen atoms in total. The Morgan fingerprint density at radius 2 is 1.34 bits per heavy atom. The van der Waals surface area contributed by atoms with E-state index >= 15 is 0 Å². The molecule has 0 aliphatic carbocycles. The van der Waals surface area contributed by atoms with Crippen molar-refractivity contribution in [1.29, 1.82) is 0 Å². The lowest BCUT2D eigenvalue weighted by Gasteiger charge is -2.53. The minimum absolute atomic E-state index is 0.410. The predicted molar refractivity (Wildman–Crippen MR) is 116 cm³/mol. The normalized spacial score (nSPS) is 33.4. The zero-order valence-electron chi connectivity index (χ0n) is 17.8. The summed E-state index contributed by atoms with van der Waals surface area (Å²) >= 11 is 0. The minimum Gasteiger partial charge on any atom is -0.337 e. The number of aliphatic imine (C=N–C) groups is 4. The molecule has 29 heavy (non-hydrogen) atoms. The van der Waals surface area contributed by atoms with Crippen LogP contribution in [0, 0.1) is 0 Å². The van der Waals surface area contributed by atoms with E-state index in [2.05, 4.69) is 34.5 Å². The van der Waals surface area contributed by atoms with Crippen molar-refractivity contribution in [2.75, 3.05) is 52.4 Å². The summed E-state index contributed by atoms with van der Waals surface area (Å²) in [7, 11) is 0. The van der Waals surface area contributed by atoms with E-state index in [4.69, 9.17) is 21.5 Å². The van der Waals surface area contributed by atoms with E-state index in [1.807, 2.05) is 0 Å². The number of guanidine groups is 4. The molecule has 4 rings (SSSR count). The summed E-state index contributed by atoms with van der Waals surface area (Å²) < 4.78 is 0.821. The molecule has 0 aromatic carbocycles. The van der Waals surface area contributed by atoms with Gasteiger partial charge in [-0.1, -0.05) is 19.8 Å². The van der Waals surface area contributed by atoms with Gasteiger partial charge in [-0.3, -0.25) is 0 Å². The van der Waals surface area contributed by atoms with E-state index in [-0.39, 0.29) is 0 Å². The van der Waals surface area contributed by atoms with Gasteiger partial charge in [-0.25, -0.2) is 20.0 Å². The third-order valence-electron chi connectivity index (χ3n) is 7.14. The molecule has 0 saturated heterocycles. The lowest BCUT2D eigenvalue weighted by Crippen LogP contribution is -2.86. The lowest BCUT2D eigenvalue weighted by atomic mass is 9.93. The first kappa shape index (κ1) is 20.1. The molecule has 4 aliphatic rings.